The first-order chi connectivity index (χ1) is 10.7. The summed E-state index contributed by atoms with van der Waals surface area (Å²) in [6.45, 7) is 11.3. The van der Waals surface area contributed by atoms with Crippen molar-refractivity contribution in [2.45, 2.75) is 13.8 Å². The fourth-order valence-electron chi connectivity index (χ4n) is 2.69. The van der Waals surface area contributed by atoms with Gasteiger partial charge in [0.25, 0.3) is 0 Å². The van der Waals surface area contributed by atoms with Crippen LogP contribution in [0, 0.1) is 26.5 Å². The van der Waals surface area contributed by atoms with E-state index >= 15 is 0 Å². The quantitative estimate of drug-likeness (QED) is 0.455. The largest absolute Gasteiger partial charge is 0.301 e. The maximum Gasteiger partial charge on any atom is 0.187 e. The fourth-order valence-corrected chi connectivity index (χ4v) is 2.69. The maximum atomic E-state index is 7.16. The van der Waals surface area contributed by atoms with Crippen molar-refractivity contribution in [3.63, 3.8) is 0 Å². The summed E-state index contributed by atoms with van der Waals surface area (Å²) in [5.41, 5.74) is 6.84. The number of benzene rings is 2. The van der Waals surface area contributed by atoms with Crippen LogP contribution >= 0.6 is 0 Å². The first kappa shape index (κ1) is 17.1. The summed E-state index contributed by atoms with van der Waals surface area (Å²) in [4.78, 5) is 8.23. The predicted molar refractivity (Wildman–Crippen MR) is 89.7 cm³/mol. The summed E-state index contributed by atoms with van der Waals surface area (Å²) in [5, 5.41) is 0. The molecule has 0 spiro atoms. The minimum atomic E-state index is 0. The monoisotopic (exact) mass is 476 g/mol. The van der Waals surface area contributed by atoms with Crippen LogP contribution < -0.4 is 0 Å². The van der Waals surface area contributed by atoms with Crippen molar-refractivity contribution in [2.75, 3.05) is 0 Å². The topological polar surface area (TPSA) is 17.2 Å². The van der Waals surface area contributed by atoms with Crippen LogP contribution in [-0.4, -0.2) is 4.98 Å². The molecular weight excluding hydrogens is 460 g/mol. The third-order valence-electron chi connectivity index (χ3n) is 3.65. The molecule has 1 heterocycles. The van der Waals surface area contributed by atoms with Gasteiger partial charge >= 0.3 is 0 Å². The number of hydrogen-bond donors (Lipinski definition) is 0. The molecule has 115 valence electrons. The zero-order valence-electron chi connectivity index (χ0n) is 12.9. The molecule has 2 aromatic carbocycles. The van der Waals surface area contributed by atoms with Crippen LogP contribution in [0.15, 0.2) is 54.6 Å². The second-order valence-electron chi connectivity index (χ2n) is 5.22. The van der Waals surface area contributed by atoms with E-state index in [1.165, 1.54) is 0 Å². The second kappa shape index (κ2) is 7.33. The third kappa shape index (κ3) is 3.56. The molecule has 2 nitrogen and oxygen atoms in total. The Balaban J connectivity index is 0.00000192. The zero-order chi connectivity index (χ0) is 15.5. The number of nitrogens with zero attached hydrogens (tertiary/aromatic N) is 2. The van der Waals surface area contributed by atoms with E-state index < -0.39 is 0 Å². The van der Waals surface area contributed by atoms with Crippen molar-refractivity contribution in [3.05, 3.63) is 83.3 Å². The van der Waals surface area contributed by atoms with Gasteiger partial charge in [-0.15, -0.1) is 35.9 Å². The predicted octanol–water partition coefficient (Wildman–Crippen LogP) is 5.38. The van der Waals surface area contributed by atoms with E-state index in [-0.39, 0.29) is 20.1 Å². The van der Waals surface area contributed by atoms with Gasteiger partial charge in [0.2, 0.25) is 0 Å². The molecule has 0 saturated carbocycles. The average molecular weight is 476 g/mol. The Morgan fingerprint density at radius 3 is 2.52 bits per heavy atom. The number of rotatable bonds is 2. The molecule has 0 amide bonds. The van der Waals surface area contributed by atoms with Crippen LogP contribution in [0.2, 0.25) is 0 Å². The molecule has 0 unspecified atom stereocenters. The van der Waals surface area contributed by atoms with Gasteiger partial charge in [0.1, 0.15) is 0 Å². The van der Waals surface area contributed by atoms with Crippen LogP contribution in [0.25, 0.3) is 27.2 Å². The Morgan fingerprint density at radius 1 is 1.04 bits per heavy atom. The van der Waals surface area contributed by atoms with Crippen molar-refractivity contribution in [2.24, 2.45) is 0 Å². The Morgan fingerprint density at radius 2 is 1.87 bits per heavy atom. The van der Waals surface area contributed by atoms with Gasteiger partial charge in [-0.1, -0.05) is 24.3 Å². The normalized spacial score (nSPS) is 9.78. The molecular formula is C20H15IrN2-. The first-order valence-corrected chi connectivity index (χ1v) is 7.12. The average Bonchev–Trinajstić information content (AvgIpc) is 2.55. The van der Waals surface area contributed by atoms with Crippen LogP contribution in [-0.2, 0) is 20.1 Å². The molecule has 1 aromatic heterocycles. The molecule has 0 aliphatic carbocycles. The molecule has 0 aliphatic heterocycles. The third-order valence-corrected chi connectivity index (χ3v) is 3.65. The van der Waals surface area contributed by atoms with Gasteiger partial charge < -0.3 is 4.98 Å². The van der Waals surface area contributed by atoms with E-state index in [4.69, 9.17) is 11.6 Å². The van der Waals surface area contributed by atoms with Crippen LogP contribution in [0.3, 0.4) is 0 Å². The Labute approximate surface area is 150 Å². The maximum absolute atomic E-state index is 7.16. The molecule has 0 N–H and O–H groups in total. The summed E-state index contributed by atoms with van der Waals surface area (Å²) in [6, 6.07) is 20.8. The van der Waals surface area contributed by atoms with E-state index in [0.717, 1.165) is 33.6 Å². The van der Waals surface area contributed by atoms with Gasteiger partial charge in [0.15, 0.2) is 5.69 Å². The van der Waals surface area contributed by atoms with Crippen molar-refractivity contribution in [1.82, 2.24) is 4.98 Å². The van der Waals surface area contributed by atoms with Gasteiger partial charge in [0.05, 0.1) is 6.57 Å². The van der Waals surface area contributed by atoms with E-state index in [1.807, 2.05) is 55.5 Å². The Hall–Kier alpha value is -2.27. The molecule has 3 rings (SSSR count). The van der Waals surface area contributed by atoms with Crippen molar-refractivity contribution >= 4 is 5.69 Å². The number of aromatic nitrogens is 1. The van der Waals surface area contributed by atoms with Crippen molar-refractivity contribution in [1.29, 1.82) is 0 Å². The number of hydrogen-bond acceptors (Lipinski definition) is 1. The fraction of sp³-hybridized carbons (Fsp3) is 0.100. The Bertz CT molecular complexity index is 841. The SMILES string of the molecule is [C-]#[N+]c1cccc(-c2c(C)cc(-c3[c-]cccc3)nc2C)c1.[Ir]. The molecule has 0 bridgehead atoms. The molecule has 0 aliphatic rings. The van der Waals surface area contributed by atoms with Gasteiger partial charge in [-0.25, -0.2) is 4.85 Å². The first-order valence-electron chi connectivity index (χ1n) is 7.12. The van der Waals surface area contributed by atoms with Crippen LogP contribution in [0.5, 0.6) is 0 Å². The van der Waals surface area contributed by atoms with E-state index in [1.54, 1.807) is 0 Å². The Kier molecular flexibility index (Phi) is 5.45. The number of aryl methyl sites for hydroxylation is 2. The molecule has 0 atom stereocenters. The summed E-state index contributed by atoms with van der Waals surface area (Å²) < 4.78 is 0. The summed E-state index contributed by atoms with van der Waals surface area (Å²) in [7, 11) is 0. The molecule has 3 heteroatoms. The molecule has 3 aromatic rings. The number of pyridine rings is 1. The van der Waals surface area contributed by atoms with Crippen molar-refractivity contribution in [3.8, 4) is 22.4 Å². The van der Waals surface area contributed by atoms with Gasteiger partial charge in [-0.2, -0.15) is 0 Å². The van der Waals surface area contributed by atoms with Crippen molar-refractivity contribution < 1.29 is 20.1 Å². The molecule has 0 fully saturated rings. The second-order valence-corrected chi connectivity index (χ2v) is 5.22. The van der Waals surface area contributed by atoms with Crippen LogP contribution in [0.1, 0.15) is 11.3 Å². The molecule has 23 heavy (non-hydrogen) atoms. The minimum absolute atomic E-state index is 0. The smallest absolute Gasteiger partial charge is 0.187 e. The van der Waals surface area contributed by atoms with Gasteiger partial charge in [-0.05, 0) is 36.7 Å². The molecule has 0 saturated heterocycles. The zero-order valence-corrected chi connectivity index (χ0v) is 15.3. The van der Waals surface area contributed by atoms with Crippen LogP contribution in [0.4, 0.5) is 5.69 Å². The van der Waals surface area contributed by atoms with E-state index in [0.29, 0.717) is 5.69 Å². The summed E-state index contributed by atoms with van der Waals surface area (Å²) >= 11 is 0. The van der Waals surface area contributed by atoms with E-state index in [9.17, 15) is 0 Å². The minimum Gasteiger partial charge on any atom is -0.301 e. The molecule has 1 radical (unpaired) electrons. The summed E-state index contributed by atoms with van der Waals surface area (Å²) in [5.74, 6) is 0. The van der Waals surface area contributed by atoms with E-state index in [2.05, 4.69) is 23.9 Å². The van der Waals surface area contributed by atoms with Gasteiger partial charge in [0, 0.05) is 31.4 Å². The van der Waals surface area contributed by atoms with Gasteiger partial charge in [-0.3, -0.25) is 0 Å². The standard InChI is InChI=1S/C20H15N2.Ir/c1-14-12-19(16-8-5-4-6-9-16)22-15(2)20(14)17-10-7-11-18(13-17)21-3;/h4-8,10-13H,1-2H3;/q-1;. The summed E-state index contributed by atoms with van der Waals surface area (Å²) in [6.07, 6.45) is 0.